The lowest BCUT2D eigenvalue weighted by molar-refractivity contribution is -0.113. The van der Waals surface area contributed by atoms with Gasteiger partial charge in [-0.1, -0.05) is 48.3 Å². The molecule has 3 aromatic rings. The zero-order valence-electron chi connectivity index (χ0n) is 16.1. The van der Waals surface area contributed by atoms with Crippen molar-refractivity contribution in [3.05, 3.63) is 41.9 Å². The maximum atomic E-state index is 14.4. The van der Waals surface area contributed by atoms with Gasteiger partial charge in [0.15, 0.2) is 16.8 Å². The summed E-state index contributed by atoms with van der Waals surface area (Å²) in [5.41, 5.74) is 0.431. The van der Waals surface area contributed by atoms with Crippen molar-refractivity contribution in [2.45, 2.75) is 50.2 Å². The molecule has 0 spiro atoms. The van der Waals surface area contributed by atoms with Crippen LogP contribution in [0.5, 0.6) is 0 Å². The number of hydrogen-bond donors (Lipinski definition) is 1. The molecule has 1 N–H and O–H groups in total. The standard InChI is InChI=1S/C20H22FN5O2S/c1-13-11-17(25-28-13)22-18(27)12-29-20-24-23-19(15-9-5-6-10-16(15)21)26(20)14-7-3-2-4-8-14/h5-6,9-11,14H,2-4,7-8,12H2,1H3,(H,22,25,27). The van der Waals surface area contributed by atoms with Crippen molar-refractivity contribution in [1.82, 2.24) is 19.9 Å². The van der Waals surface area contributed by atoms with Gasteiger partial charge in [-0.25, -0.2) is 4.39 Å². The maximum Gasteiger partial charge on any atom is 0.236 e. The molecule has 0 unspecified atom stereocenters. The summed E-state index contributed by atoms with van der Waals surface area (Å²) in [6.07, 6.45) is 5.44. The smallest absolute Gasteiger partial charge is 0.236 e. The number of aryl methyl sites for hydroxylation is 1. The summed E-state index contributed by atoms with van der Waals surface area (Å²) < 4.78 is 21.4. The SMILES string of the molecule is Cc1cc(NC(=O)CSc2nnc(-c3ccccc3F)n2C2CCCCC2)no1. The van der Waals surface area contributed by atoms with Gasteiger partial charge in [-0.3, -0.25) is 9.36 Å². The van der Waals surface area contributed by atoms with E-state index in [-0.39, 0.29) is 23.5 Å². The lowest BCUT2D eigenvalue weighted by Crippen LogP contribution is -2.17. The van der Waals surface area contributed by atoms with Crippen molar-refractivity contribution in [3.8, 4) is 11.4 Å². The van der Waals surface area contributed by atoms with E-state index in [0.717, 1.165) is 25.7 Å². The molecule has 152 valence electrons. The first-order valence-corrected chi connectivity index (χ1v) is 10.7. The molecule has 4 rings (SSSR count). The normalized spacial score (nSPS) is 14.8. The predicted octanol–water partition coefficient (Wildman–Crippen LogP) is 4.62. The van der Waals surface area contributed by atoms with Crippen LogP contribution in [0.1, 0.15) is 43.9 Å². The van der Waals surface area contributed by atoms with E-state index in [1.165, 1.54) is 24.2 Å². The zero-order valence-corrected chi connectivity index (χ0v) is 16.9. The first-order valence-electron chi connectivity index (χ1n) is 9.67. The van der Waals surface area contributed by atoms with Crippen LogP contribution in [0.4, 0.5) is 10.2 Å². The van der Waals surface area contributed by atoms with Crippen LogP contribution in [0.25, 0.3) is 11.4 Å². The summed E-state index contributed by atoms with van der Waals surface area (Å²) in [5.74, 6) is 1.13. The third-order valence-corrected chi connectivity index (χ3v) is 5.89. The van der Waals surface area contributed by atoms with Crippen molar-refractivity contribution in [2.24, 2.45) is 0 Å². The van der Waals surface area contributed by atoms with Gasteiger partial charge in [0.1, 0.15) is 11.6 Å². The van der Waals surface area contributed by atoms with Gasteiger partial charge in [0.05, 0.1) is 11.3 Å². The molecule has 0 atom stereocenters. The Morgan fingerprint density at radius 3 is 2.79 bits per heavy atom. The van der Waals surface area contributed by atoms with Gasteiger partial charge >= 0.3 is 0 Å². The molecule has 1 amide bonds. The predicted molar refractivity (Wildman–Crippen MR) is 108 cm³/mol. The van der Waals surface area contributed by atoms with E-state index in [2.05, 4.69) is 20.7 Å². The minimum absolute atomic E-state index is 0.147. The molecule has 9 heteroatoms. The largest absolute Gasteiger partial charge is 0.360 e. The Bertz CT molecular complexity index is 996. The van der Waals surface area contributed by atoms with Crippen LogP contribution in [0, 0.1) is 12.7 Å². The van der Waals surface area contributed by atoms with Crippen LogP contribution in [0.3, 0.4) is 0 Å². The molecule has 1 fully saturated rings. The first kappa shape index (κ1) is 19.6. The average Bonchev–Trinajstić information content (AvgIpc) is 3.33. The molecule has 0 bridgehead atoms. The molecule has 29 heavy (non-hydrogen) atoms. The second-order valence-corrected chi connectivity index (χ2v) is 8.05. The topological polar surface area (TPSA) is 85.8 Å². The molecule has 1 aliphatic rings. The van der Waals surface area contributed by atoms with Crippen molar-refractivity contribution in [3.63, 3.8) is 0 Å². The van der Waals surface area contributed by atoms with Crippen LogP contribution in [-0.2, 0) is 4.79 Å². The molecule has 2 aromatic heterocycles. The summed E-state index contributed by atoms with van der Waals surface area (Å²) in [5, 5.41) is 15.7. The second-order valence-electron chi connectivity index (χ2n) is 7.11. The third kappa shape index (κ3) is 4.50. The van der Waals surface area contributed by atoms with E-state index in [1.54, 1.807) is 31.2 Å². The number of hydrogen-bond acceptors (Lipinski definition) is 6. The van der Waals surface area contributed by atoms with Gasteiger partial charge in [0.25, 0.3) is 0 Å². The Morgan fingerprint density at radius 1 is 1.28 bits per heavy atom. The van der Waals surface area contributed by atoms with Gasteiger partial charge in [-0.2, -0.15) is 0 Å². The van der Waals surface area contributed by atoms with Gasteiger partial charge in [-0.05, 0) is 31.9 Å². The number of benzene rings is 1. The Hall–Kier alpha value is -2.68. The van der Waals surface area contributed by atoms with Crippen LogP contribution in [0.2, 0.25) is 0 Å². The van der Waals surface area contributed by atoms with Crippen LogP contribution in [-0.4, -0.2) is 31.6 Å². The highest BCUT2D eigenvalue weighted by Crippen LogP contribution is 2.36. The second kappa shape index (κ2) is 8.77. The lowest BCUT2D eigenvalue weighted by Gasteiger charge is -2.25. The zero-order chi connectivity index (χ0) is 20.2. The van der Waals surface area contributed by atoms with Gasteiger partial charge in [0.2, 0.25) is 5.91 Å². The number of rotatable bonds is 6. The number of halogens is 1. The van der Waals surface area contributed by atoms with Gasteiger partial charge < -0.3 is 9.84 Å². The monoisotopic (exact) mass is 415 g/mol. The quantitative estimate of drug-likeness (QED) is 0.592. The molecule has 1 aliphatic carbocycles. The third-order valence-electron chi connectivity index (χ3n) is 4.95. The molecule has 1 aromatic carbocycles. The highest BCUT2D eigenvalue weighted by atomic mass is 32.2. The molecule has 0 aliphatic heterocycles. The Labute approximate surface area is 172 Å². The Morgan fingerprint density at radius 2 is 2.07 bits per heavy atom. The molecule has 1 saturated carbocycles. The number of nitrogens with zero attached hydrogens (tertiary/aromatic N) is 4. The lowest BCUT2D eigenvalue weighted by atomic mass is 9.95. The number of carbonyl (C=O) groups is 1. The molecule has 7 nitrogen and oxygen atoms in total. The number of aromatic nitrogens is 4. The summed E-state index contributed by atoms with van der Waals surface area (Å²) >= 11 is 1.29. The van der Waals surface area contributed by atoms with E-state index in [0.29, 0.717) is 28.1 Å². The summed E-state index contributed by atoms with van der Waals surface area (Å²) in [7, 11) is 0. The van der Waals surface area contributed by atoms with Crippen molar-refractivity contribution in [1.29, 1.82) is 0 Å². The molecule has 0 radical (unpaired) electrons. The highest BCUT2D eigenvalue weighted by molar-refractivity contribution is 7.99. The van der Waals surface area contributed by atoms with E-state index in [4.69, 9.17) is 4.52 Å². The first-order chi connectivity index (χ1) is 14.1. The average molecular weight is 415 g/mol. The van der Waals surface area contributed by atoms with Crippen LogP contribution < -0.4 is 5.32 Å². The van der Waals surface area contributed by atoms with E-state index in [1.807, 2.05) is 4.57 Å². The number of anilines is 1. The van der Waals surface area contributed by atoms with E-state index < -0.39 is 0 Å². The minimum atomic E-state index is -0.326. The summed E-state index contributed by atoms with van der Waals surface area (Å²) in [4.78, 5) is 12.3. The van der Waals surface area contributed by atoms with Crippen LogP contribution >= 0.6 is 11.8 Å². The number of amides is 1. The number of carbonyl (C=O) groups excluding carboxylic acids is 1. The minimum Gasteiger partial charge on any atom is -0.360 e. The van der Waals surface area contributed by atoms with Gasteiger partial charge in [-0.15, -0.1) is 10.2 Å². The highest BCUT2D eigenvalue weighted by Gasteiger charge is 2.25. The van der Waals surface area contributed by atoms with Crippen molar-refractivity contribution in [2.75, 3.05) is 11.1 Å². The Kier molecular flexibility index (Phi) is 5.94. The fourth-order valence-corrected chi connectivity index (χ4v) is 4.41. The van der Waals surface area contributed by atoms with E-state index >= 15 is 0 Å². The fraction of sp³-hybridized carbons (Fsp3) is 0.400. The van der Waals surface area contributed by atoms with Crippen molar-refractivity contribution < 1.29 is 13.7 Å². The molecule has 2 heterocycles. The molecular weight excluding hydrogens is 393 g/mol. The van der Waals surface area contributed by atoms with Crippen LogP contribution in [0.15, 0.2) is 40.0 Å². The number of nitrogens with one attached hydrogen (secondary N) is 1. The Balaban J connectivity index is 1.56. The fourth-order valence-electron chi connectivity index (χ4n) is 3.60. The summed E-state index contributed by atoms with van der Waals surface area (Å²) in [6, 6.07) is 8.45. The van der Waals surface area contributed by atoms with E-state index in [9.17, 15) is 9.18 Å². The number of thioether (sulfide) groups is 1. The van der Waals surface area contributed by atoms with Crippen molar-refractivity contribution >= 4 is 23.5 Å². The summed E-state index contributed by atoms with van der Waals surface area (Å²) in [6.45, 7) is 1.76. The molecule has 0 saturated heterocycles. The maximum absolute atomic E-state index is 14.4. The molecular formula is C20H22FN5O2S. The van der Waals surface area contributed by atoms with Gasteiger partial charge in [0, 0.05) is 12.1 Å².